The molecule has 0 spiro atoms. The van der Waals surface area contributed by atoms with Gasteiger partial charge in [0.25, 0.3) is 10.0 Å². The van der Waals surface area contributed by atoms with Crippen LogP contribution in [0.2, 0.25) is 10.0 Å². The summed E-state index contributed by atoms with van der Waals surface area (Å²) in [5.41, 5.74) is 0.301. The van der Waals surface area contributed by atoms with Crippen LogP contribution < -0.4 is 14.1 Å². The average Bonchev–Trinajstić information content (AvgIpc) is 3.37. The van der Waals surface area contributed by atoms with E-state index in [4.69, 9.17) is 37.7 Å². The van der Waals surface area contributed by atoms with Gasteiger partial charge in [0.05, 0.1) is 10.6 Å². The zero-order chi connectivity index (χ0) is 35.6. The van der Waals surface area contributed by atoms with Gasteiger partial charge < -0.3 is 19.3 Å². The number of likely N-dealkylation sites (N-methyl/N-ethyl adjacent to an activating group) is 1. The van der Waals surface area contributed by atoms with E-state index in [-0.39, 0.29) is 20.6 Å². The lowest BCUT2D eigenvalue weighted by Crippen LogP contribution is -2.41. The number of amides is 1. The lowest BCUT2D eigenvalue weighted by Gasteiger charge is -2.28. The molecule has 1 aliphatic rings. The summed E-state index contributed by atoms with van der Waals surface area (Å²) in [6, 6.07) is 10.7. The number of sulfonamides is 1. The lowest BCUT2D eigenvalue weighted by atomic mass is 10.1. The van der Waals surface area contributed by atoms with Crippen molar-refractivity contribution in [2.45, 2.75) is 64.1 Å². The van der Waals surface area contributed by atoms with Crippen molar-refractivity contribution in [1.82, 2.24) is 14.9 Å². The van der Waals surface area contributed by atoms with Crippen LogP contribution >= 0.6 is 23.2 Å². The molecule has 0 saturated carbocycles. The van der Waals surface area contributed by atoms with E-state index in [2.05, 4.69) is 4.98 Å². The van der Waals surface area contributed by atoms with Crippen LogP contribution in [-0.2, 0) is 30.7 Å². The largest absolute Gasteiger partial charge is 0.459 e. The minimum atomic E-state index is -4.31. The highest BCUT2D eigenvalue weighted by atomic mass is 35.5. The molecule has 4 rings (SSSR count). The molecule has 0 aliphatic carbocycles. The monoisotopic (exact) mass is 720 g/mol. The van der Waals surface area contributed by atoms with Gasteiger partial charge in [0.1, 0.15) is 23.6 Å². The van der Waals surface area contributed by atoms with Gasteiger partial charge in [0.2, 0.25) is 5.95 Å². The molecule has 0 saturated heterocycles. The Kier molecular flexibility index (Phi) is 11.2. The van der Waals surface area contributed by atoms with Crippen LogP contribution in [0.15, 0.2) is 53.6 Å². The van der Waals surface area contributed by atoms with Gasteiger partial charge in [0.15, 0.2) is 0 Å². The number of aromatic nitrogens is 2. The SMILES string of the molecule is CN(C)CCN(C(=O)OC(C)(C)C)c1ccnc(N2CCc3cc(N(CC(=O)OC(C)(C)C)S(=O)(=O)c4cc(Cl)cc(Cl)c4)ccc32)n1. The van der Waals surface area contributed by atoms with Crippen molar-refractivity contribution in [3.05, 3.63) is 64.3 Å². The van der Waals surface area contributed by atoms with Gasteiger partial charge in [-0.25, -0.2) is 18.2 Å². The topological polar surface area (TPSA) is 125 Å². The van der Waals surface area contributed by atoms with Crippen molar-refractivity contribution in [2.24, 2.45) is 0 Å². The van der Waals surface area contributed by atoms with Gasteiger partial charge in [0, 0.05) is 41.6 Å². The van der Waals surface area contributed by atoms with Crippen molar-refractivity contribution in [2.75, 3.05) is 54.4 Å². The predicted octanol–water partition coefficient (Wildman–Crippen LogP) is 6.32. The maximum absolute atomic E-state index is 14.0. The van der Waals surface area contributed by atoms with Gasteiger partial charge in [-0.1, -0.05) is 23.2 Å². The molecule has 1 aromatic heterocycles. The first-order valence-corrected chi connectivity index (χ1v) is 17.5. The summed E-state index contributed by atoms with van der Waals surface area (Å²) >= 11 is 12.3. The van der Waals surface area contributed by atoms with Crippen molar-refractivity contribution in [3.8, 4) is 0 Å². The minimum Gasteiger partial charge on any atom is -0.459 e. The molecule has 1 aliphatic heterocycles. The zero-order valence-corrected chi connectivity index (χ0v) is 30.8. The van der Waals surface area contributed by atoms with E-state index >= 15 is 0 Å². The van der Waals surface area contributed by atoms with Crippen LogP contribution in [0.5, 0.6) is 0 Å². The van der Waals surface area contributed by atoms with Crippen LogP contribution in [0.25, 0.3) is 0 Å². The summed E-state index contributed by atoms with van der Waals surface area (Å²) in [5.74, 6) is 0.0237. The van der Waals surface area contributed by atoms with E-state index < -0.39 is 39.8 Å². The molecule has 12 nitrogen and oxygen atoms in total. The van der Waals surface area contributed by atoms with Crippen molar-refractivity contribution in [1.29, 1.82) is 0 Å². The third kappa shape index (κ3) is 9.49. The van der Waals surface area contributed by atoms with Gasteiger partial charge in [-0.3, -0.25) is 14.0 Å². The fourth-order valence-electron chi connectivity index (χ4n) is 4.90. The van der Waals surface area contributed by atoms with E-state index in [9.17, 15) is 18.0 Å². The zero-order valence-electron chi connectivity index (χ0n) is 28.5. The summed E-state index contributed by atoms with van der Waals surface area (Å²) in [5, 5.41) is 0.272. The number of benzene rings is 2. The van der Waals surface area contributed by atoms with Crippen LogP contribution in [0, 0.1) is 0 Å². The van der Waals surface area contributed by atoms with E-state index in [0.717, 1.165) is 15.6 Å². The normalized spacial score (nSPS) is 13.4. The summed E-state index contributed by atoms with van der Waals surface area (Å²) < 4.78 is 40.1. The number of ether oxygens (including phenoxy) is 2. The third-order valence-corrected chi connectivity index (χ3v) is 9.08. The Hall–Kier alpha value is -3.65. The van der Waals surface area contributed by atoms with Gasteiger partial charge >= 0.3 is 12.1 Å². The van der Waals surface area contributed by atoms with Crippen LogP contribution in [-0.4, -0.2) is 86.8 Å². The van der Waals surface area contributed by atoms with E-state index in [1.807, 2.05) is 23.9 Å². The molecule has 15 heteroatoms. The first kappa shape index (κ1) is 37.2. The highest BCUT2D eigenvalue weighted by molar-refractivity contribution is 7.92. The number of fused-ring (bicyclic) bond motifs is 1. The highest BCUT2D eigenvalue weighted by Gasteiger charge is 2.32. The summed E-state index contributed by atoms with van der Waals surface area (Å²) in [4.78, 5) is 40.6. The van der Waals surface area contributed by atoms with Gasteiger partial charge in [-0.05, 0) is 110 Å². The number of esters is 1. The smallest absolute Gasteiger partial charge is 0.416 e. The maximum Gasteiger partial charge on any atom is 0.416 e. The highest BCUT2D eigenvalue weighted by Crippen LogP contribution is 2.37. The Morgan fingerprint density at radius 1 is 0.917 bits per heavy atom. The molecule has 1 amide bonds. The average molecular weight is 722 g/mol. The minimum absolute atomic E-state index is 0.136. The second-order valence-corrected chi connectivity index (χ2v) is 16.3. The Balaban J connectivity index is 1.70. The molecule has 2 heterocycles. The molecule has 2 aromatic carbocycles. The summed E-state index contributed by atoms with van der Waals surface area (Å²) in [6.07, 6.45) is 1.60. The Morgan fingerprint density at radius 3 is 2.17 bits per heavy atom. The second kappa shape index (κ2) is 14.5. The molecule has 48 heavy (non-hydrogen) atoms. The van der Waals surface area contributed by atoms with E-state index in [1.165, 1.54) is 23.1 Å². The van der Waals surface area contributed by atoms with E-state index in [0.29, 0.717) is 37.8 Å². The molecular weight excluding hydrogens is 679 g/mol. The number of carbonyl (C=O) groups is 2. The van der Waals surface area contributed by atoms with Crippen LogP contribution in [0.1, 0.15) is 47.1 Å². The fourth-order valence-corrected chi connectivity index (χ4v) is 7.03. The number of rotatable bonds is 10. The van der Waals surface area contributed by atoms with Gasteiger partial charge in [-0.15, -0.1) is 0 Å². The number of anilines is 4. The number of nitrogens with zero attached hydrogens (tertiary/aromatic N) is 6. The molecule has 0 fully saturated rings. The Labute approximate surface area is 292 Å². The molecule has 0 unspecified atom stereocenters. The number of hydrogen-bond donors (Lipinski definition) is 0. The number of halogens is 2. The molecule has 0 radical (unpaired) electrons. The van der Waals surface area contributed by atoms with Crippen LogP contribution in [0.4, 0.5) is 27.9 Å². The fraction of sp³-hybridized carbons (Fsp3) is 0.455. The second-order valence-electron chi connectivity index (χ2n) is 13.6. The van der Waals surface area contributed by atoms with Crippen LogP contribution in [0.3, 0.4) is 0 Å². The quantitative estimate of drug-likeness (QED) is 0.220. The van der Waals surface area contributed by atoms with E-state index in [1.54, 1.807) is 72.0 Å². The maximum atomic E-state index is 14.0. The first-order chi connectivity index (χ1) is 22.2. The number of carbonyl (C=O) groups excluding carboxylic acids is 2. The first-order valence-electron chi connectivity index (χ1n) is 15.3. The molecule has 260 valence electrons. The Bertz CT molecular complexity index is 1750. The number of hydrogen-bond acceptors (Lipinski definition) is 10. The Morgan fingerprint density at radius 2 is 1.56 bits per heavy atom. The molecular formula is C33H42Cl2N6O6S. The molecule has 0 atom stereocenters. The standard InChI is InChI=1S/C33H42Cl2N6O6S/c1-32(2,3)46-29(42)21-41(48(44,45)26-19-23(34)18-24(35)20-26)25-9-10-27-22(17-25)12-14-39(27)30-36-13-11-28(37-30)40(16-15-38(7)8)31(43)47-33(4,5)6/h9-11,13,17-20H,12,14-16,21H2,1-8H3. The predicted molar refractivity (Wildman–Crippen MR) is 188 cm³/mol. The molecule has 0 N–H and O–H groups in total. The summed E-state index contributed by atoms with van der Waals surface area (Å²) in [6.45, 7) is 11.4. The summed E-state index contributed by atoms with van der Waals surface area (Å²) in [7, 11) is -0.479. The van der Waals surface area contributed by atoms with Crippen molar-refractivity contribution >= 4 is 68.4 Å². The van der Waals surface area contributed by atoms with Gasteiger partial charge in [-0.2, -0.15) is 4.98 Å². The third-order valence-electron chi connectivity index (χ3n) is 6.89. The molecule has 3 aromatic rings. The van der Waals surface area contributed by atoms with Crippen molar-refractivity contribution in [3.63, 3.8) is 0 Å². The molecule has 0 bridgehead atoms. The lowest BCUT2D eigenvalue weighted by molar-refractivity contribution is -0.152. The van der Waals surface area contributed by atoms with Crippen molar-refractivity contribution < 1.29 is 27.5 Å².